The number of aliphatic hydroxyl groups excluding tert-OH is 4. The first-order valence-corrected chi connectivity index (χ1v) is 21.2. The lowest BCUT2D eigenvalue weighted by Crippen LogP contribution is -2.59. The number of hydrogen-bond acceptors (Lipinski definition) is 9. The minimum atomic E-state index is -1.54. The molecule has 1 aliphatic heterocycles. The number of rotatable bonds is 35. The second-order valence-corrected chi connectivity index (χ2v) is 14.4. The predicted octanol–water partition coefficient (Wildman–Crippen LogP) is 8.97. The van der Waals surface area contributed by atoms with Crippen molar-refractivity contribution in [2.24, 2.45) is 0 Å². The Kier molecular flexibility index (Phi) is 33.2. The van der Waals surface area contributed by atoms with Gasteiger partial charge in [-0.15, -0.1) is 0 Å². The smallest absolute Gasteiger partial charge is 0.306 e. The zero-order valence-electron chi connectivity index (χ0n) is 33.5. The van der Waals surface area contributed by atoms with E-state index in [1.54, 1.807) is 0 Å². The minimum absolute atomic E-state index is 0.119. The van der Waals surface area contributed by atoms with E-state index in [0.717, 1.165) is 70.6 Å². The minimum Gasteiger partial charge on any atom is -0.457 e. The third kappa shape index (κ3) is 27.4. The molecule has 1 aliphatic rings. The van der Waals surface area contributed by atoms with Crippen LogP contribution in [0.1, 0.15) is 162 Å². The number of carbonyl (C=O) groups is 1. The van der Waals surface area contributed by atoms with Gasteiger partial charge in [-0.1, -0.05) is 152 Å². The van der Waals surface area contributed by atoms with Crippen LogP contribution in [0.15, 0.2) is 48.6 Å². The molecule has 0 bridgehead atoms. The first kappa shape index (κ1) is 49.2. The van der Waals surface area contributed by atoms with Gasteiger partial charge in [0.1, 0.15) is 30.5 Å². The average molecular weight is 751 g/mol. The number of esters is 1. The number of ether oxygens (including phenoxy) is 4. The second-order valence-electron chi connectivity index (χ2n) is 14.4. The van der Waals surface area contributed by atoms with Crippen LogP contribution in [0.3, 0.4) is 0 Å². The van der Waals surface area contributed by atoms with Crippen LogP contribution in [0.4, 0.5) is 0 Å². The maximum Gasteiger partial charge on any atom is 0.306 e. The zero-order chi connectivity index (χ0) is 38.6. The standard InChI is InChI=1S/C44H78O9/c1-3-5-7-9-11-13-15-16-17-18-19-20-21-22-23-25-27-29-31-33-40(46)52-38(37-51-44-43(49)42(48)41(47)39(35-45)53-44)36-50-34-32-30-28-26-24-14-12-10-8-6-4-2/h5,7,11,13,16-17,19-20,38-39,41-45,47-49H,3-4,6,8-10,12,14-15,18,21-37H2,1-2H3/b7-5-,13-11-,17-16-,20-19-. The molecule has 0 spiro atoms. The summed E-state index contributed by atoms with van der Waals surface area (Å²) < 4.78 is 22.7. The lowest BCUT2D eigenvalue weighted by molar-refractivity contribution is -0.305. The normalized spacial score (nSPS) is 21.5. The summed E-state index contributed by atoms with van der Waals surface area (Å²) in [5.41, 5.74) is 0. The van der Waals surface area contributed by atoms with Gasteiger partial charge in [-0.05, 0) is 51.4 Å². The molecular formula is C44H78O9. The van der Waals surface area contributed by atoms with Gasteiger partial charge in [-0.2, -0.15) is 0 Å². The van der Waals surface area contributed by atoms with Crippen molar-refractivity contribution in [1.82, 2.24) is 0 Å². The van der Waals surface area contributed by atoms with Crippen molar-refractivity contribution in [2.75, 3.05) is 26.4 Å². The summed E-state index contributed by atoms with van der Waals surface area (Å²) in [6.07, 6.45) is 35.6. The van der Waals surface area contributed by atoms with Crippen molar-refractivity contribution in [3.63, 3.8) is 0 Å². The molecule has 0 saturated carbocycles. The summed E-state index contributed by atoms with van der Waals surface area (Å²) in [6.45, 7) is 4.42. The molecule has 6 unspecified atom stereocenters. The van der Waals surface area contributed by atoms with Crippen LogP contribution in [0.25, 0.3) is 0 Å². The van der Waals surface area contributed by atoms with Crippen LogP contribution in [0, 0.1) is 0 Å². The summed E-state index contributed by atoms with van der Waals surface area (Å²) in [5.74, 6) is -0.329. The molecule has 0 amide bonds. The summed E-state index contributed by atoms with van der Waals surface area (Å²) >= 11 is 0. The van der Waals surface area contributed by atoms with Crippen LogP contribution in [0.5, 0.6) is 0 Å². The molecule has 1 heterocycles. The monoisotopic (exact) mass is 751 g/mol. The van der Waals surface area contributed by atoms with Crippen molar-refractivity contribution >= 4 is 5.97 Å². The number of unbranched alkanes of at least 4 members (excludes halogenated alkanes) is 16. The number of carbonyl (C=O) groups excluding carboxylic acids is 1. The van der Waals surface area contributed by atoms with Crippen molar-refractivity contribution in [3.8, 4) is 0 Å². The van der Waals surface area contributed by atoms with Gasteiger partial charge >= 0.3 is 5.97 Å². The highest BCUT2D eigenvalue weighted by Gasteiger charge is 2.44. The Labute approximate surface area is 322 Å². The Morgan fingerprint density at radius 1 is 0.623 bits per heavy atom. The molecule has 9 nitrogen and oxygen atoms in total. The number of aliphatic hydroxyl groups is 4. The fraction of sp³-hybridized carbons (Fsp3) is 0.795. The Morgan fingerprint density at radius 3 is 1.74 bits per heavy atom. The van der Waals surface area contributed by atoms with E-state index in [1.807, 2.05) is 0 Å². The SMILES string of the molecule is CC/C=C\C/C=C\C/C=C\C/C=C\CCCCCCCCC(=O)OC(COCCCCCCCCCCCCC)COC1OC(CO)C(O)C(O)C1O. The van der Waals surface area contributed by atoms with Gasteiger partial charge in [-0.25, -0.2) is 0 Å². The fourth-order valence-corrected chi connectivity index (χ4v) is 6.19. The van der Waals surface area contributed by atoms with Crippen molar-refractivity contribution in [3.05, 3.63) is 48.6 Å². The van der Waals surface area contributed by atoms with Crippen molar-refractivity contribution in [2.45, 2.75) is 198 Å². The Hall–Kier alpha value is -1.85. The van der Waals surface area contributed by atoms with Gasteiger partial charge < -0.3 is 39.4 Å². The highest BCUT2D eigenvalue weighted by Crippen LogP contribution is 2.22. The molecule has 0 aromatic carbocycles. The molecular weight excluding hydrogens is 672 g/mol. The lowest BCUT2D eigenvalue weighted by atomic mass is 9.99. The second kappa shape index (κ2) is 35.8. The zero-order valence-corrected chi connectivity index (χ0v) is 33.5. The molecule has 1 saturated heterocycles. The molecule has 0 aromatic heterocycles. The van der Waals surface area contributed by atoms with Crippen molar-refractivity contribution in [1.29, 1.82) is 0 Å². The summed E-state index contributed by atoms with van der Waals surface area (Å²) in [4.78, 5) is 12.7. The van der Waals surface area contributed by atoms with E-state index >= 15 is 0 Å². The highest BCUT2D eigenvalue weighted by atomic mass is 16.7. The first-order valence-electron chi connectivity index (χ1n) is 21.2. The summed E-state index contributed by atoms with van der Waals surface area (Å²) in [7, 11) is 0. The van der Waals surface area contributed by atoms with Gasteiger partial charge in [0.25, 0.3) is 0 Å². The molecule has 53 heavy (non-hydrogen) atoms. The van der Waals surface area contributed by atoms with Crippen LogP contribution in [-0.4, -0.2) is 89.6 Å². The van der Waals surface area contributed by atoms with E-state index in [9.17, 15) is 25.2 Å². The largest absolute Gasteiger partial charge is 0.457 e. The van der Waals surface area contributed by atoms with Gasteiger partial charge in [0.05, 0.1) is 19.8 Å². The van der Waals surface area contributed by atoms with Crippen LogP contribution >= 0.6 is 0 Å². The Morgan fingerprint density at radius 2 is 1.15 bits per heavy atom. The van der Waals surface area contributed by atoms with Crippen molar-refractivity contribution < 1.29 is 44.2 Å². The summed E-state index contributed by atoms with van der Waals surface area (Å²) in [5, 5.41) is 40.0. The molecule has 0 aliphatic carbocycles. The van der Waals surface area contributed by atoms with Gasteiger partial charge in [0.15, 0.2) is 6.29 Å². The molecule has 1 fully saturated rings. The quantitative estimate of drug-likeness (QED) is 0.0285. The topological polar surface area (TPSA) is 135 Å². The Bertz CT molecular complexity index is 947. The molecule has 308 valence electrons. The molecule has 1 rings (SSSR count). The van der Waals surface area contributed by atoms with E-state index in [0.29, 0.717) is 13.0 Å². The van der Waals surface area contributed by atoms with E-state index in [1.165, 1.54) is 70.6 Å². The van der Waals surface area contributed by atoms with Crippen LogP contribution in [-0.2, 0) is 23.7 Å². The van der Waals surface area contributed by atoms with Gasteiger partial charge in [-0.3, -0.25) is 4.79 Å². The lowest BCUT2D eigenvalue weighted by Gasteiger charge is -2.39. The first-order chi connectivity index (χ1) is 25.9. The fourth-order valence-electron chi connectivity index (χ4n) is 6.19. The molecule has 4 N–H and O–H groups in total. The maximum absolute atomic E-state index is 12.7. The predicted molar refractivity (Wildman–Crippen MR) is 215 cm³/mol. The molecule has 6 atom stereocenters. The third-order valence-electron chi connectivity index (χ3n) is 9.51. The molecule has 0 radical (unpaired) electrons. The third-order valence-corrected chi connectivity index (χ3v) is 9.51. The maximum atomic E-state index is 12.7. The average Bonchev–Trinajstić information content (AvgIpc) is 3.16. The molecule has 9 heteroatoms. The van der Waals surface area contributed by atoms with E-state index in [4.69, 9.17) is 18.9 Å². The van der Waals surface area contributed by atoms with Crippen LogP contribution < -0.4 is 0 Å². The Balaban J connectivity index is 2.29. The van der Waals surface area contributed by atoms with E-state index < -0.39 is 43.4 Å². The summed E-state index contributed by atoms with van der Waals surface area (Å²) in [6, 6.07) is 0. The van der Waals surface area contributed by atoms with E-state index in [2.05, 4.69) is 62.5 Å². The number of hydrogen-bond donors (Lipinski definition) is 4. The van der Waals surface area contributed by atoms with Gasteiger partial charge in [0.2, 0.25) is 0 Å². The van der Waals surface area contributed by atoms with E-state index in [-0.39, 0.29) is 19.2 Å². The van der Waals surface area contributed by atoms with Gasteiger partial charge in [0, 0.05) is 13.0 Å². The highest BCUT2D eigenvalue weighted by molar-refractivity contribution is 5.69. The van der Waals surface area contributed by atoms with Crippen LogP contribution in [0.2, 0.25) is 0 Å². The molecule has 0 aromatic rings. The number of allylic oxidation sites excluding steroid dienone is 8.